The molecule has 0 unspecified atom stereocenters. The fourth-order valence-corrected chi connectivity index (χ4v) is 1.83. The number of H-pyrrole nitrogens is 1. The van der Waals surface area contributed by atoms with Gasteiger partial charge < -0.3 is 15.0 Å². The minimum absolute atomic E-state index is 0.140. The third-order valence-corrected chi connectivity index (χ3v) is 2.78. The van der Waals surface area contributed by atoms with E-state index in [-0.39, 0.29) is 17.8 Å². The second kappa shape index (κ2) is 4.57. The Labute approximate surface area is 101 Å². The third kappa shape index (κ3) is 2.23. The molecule has 1 atom stereocenters. The molecule has 18 heavy (non-hydrogen) atoms. The summed E-state index contributed by atoms with van der Waals surface area (Å²) in [6, 6.07) is 0.950. The van der Waals surface area contributed by atoms with Crippen molar-refractivity contribution in [2.24, 2.45) is 0 Å². The van der Waals surface area contributed by atoms with Crippen LogP contribution in [-0.4, -0.2) is 45.0 Å². The van der Waals surface area contributed by atoms with Gasteiger partial charge in [0.1, 0.15) is 5.56 Å². The number of hydrogen-bond acceptors (Lipinski definition) is 5. The number of carbonyl (C=O) groups excluding carboxylic acids is 1. The van der Waals surface area contributed by atoms with Crippen molar-refractivity contribution in [3.05, 3.63) is 38.3 Å². The lowest BCUT2D eigenvalue weighted by Crippen LogP contribution is -2.33. The SMILES string of the molecule is O=C(c1cc([N+](=O)[O-])c[nH]c1=O)N1CC[C@H](O)C1. The number of carbonyl (C=O) groups is 1. The van der Waals surface area contributed by atoms with Gasteiger partial charge in [0.2, 0.25) is 0 Å². The van der Waals surface area contributed by atoms with Crippen molar-refractivity contribution in [1.82, 2.24) is 9.88 Å². The van der Waals surface area contributed by atoms with Gasteiger partial charge in [0.05, 0.1) is 17.2 Å². The second-order valence-electron chi connectivity index (χ2n) is 4.05. The molecule has 0 spiro atoms. The third-order valence-electron chi connectivity index (χ3n) is 2.78. The van der Waals surface area contributed by atoms with E-state index in [0.717, 1.165) is 12.3 Å². The fraction of sp³-hybridized carbons (Fsp3) is 0.400. The molecule has 1 aliphatic heterocycles. The number of likely N-dealkylation sites (tertiary alicyclic amines) is 1. The van der Waals surface area contributed by atoms with Crippen LogP contribution < -0.4 is 5.56 Å². The number of aromatic nitrogens is 1. The van der Waals surface area contributed by atoms with E-state index in [4.69, 9.17) is 0 Å². The monoisotopic (exact) mass is 253 g/mol. The molecule has 1 aromatic heterocycles. The Morgan fingerprint density at radius 1 is 1.61 bits per heavy atom. The molecular formula is C10H11N3O5. The number of hydrogen-bond donors (Lipinski definition) is 2. The number of β-amino-alcohol motifs (C(OH)–C–C–N with tert-alkyl or cyclic N) is 1. The number of rotatable bonds is 2. The average Bonchev–Trinajstić information content (AvgIpc) is 2.75. The van der Waals surface area contributed by atoms with Crippen LogP contribution >= 0.6 is 0 Å². The molecule has 2 N–H and O–H groups in total. The molecule has 8 nitrogen and oxygen atoms in total. The summed E-state index contributed by atoms with van der Waals surface area (Å²) in [5, 5.41) is 19.9. The predicted molar refractivity (Wildman–Crippen MR) is 60.2 cm³/mol. The summed E-state index contributed by atoms with van der Waals surface area (Å²) in [6.07, 6.45) is 0.781. The average molecular weight is 253 g/mol. The highest BCUT2D eigenvalue weighted by atomic mass is 16.6. The number of pyridine rings is 1. The maximum atomic E-state index is 12.0. The Kier molecular flexibility index (Phi) is 3.11. The Morgan fingerprint density at radius 3 is 2.89 bits per heavy atom. The lowest BCUT2D eigenvalue weighted by atomic mass is 10.2. The molecule has 0 aromatic carbocycles. The lowest BCUT2D eigenvalue weighted by Gasteiger charge is -2.14. The normalized spacial score (nSPS) is 18.9. The van der Waals surface area contributed by atoms with Crippen molar-refractivity contribution in [3.8, 4) is 0 Å². The molecule has 0 bridgehead atoms. The van der Waals surface area contributed by atoms with E-state index in [0.29, 0.717) is 13.0 Å². The van der Waals surface area contributed by atoms with E-state index in [1.807, 2.05) is 0 Å². The lowest BCUT2D eigenvalue weighted by molar-refractivity contribution is -0.385. The summed E-state index contributed by atoms with van der Waals surface area (Å²) in [5.41, 5.74) is -1.30. The molecule has 0 saturated carbocycles. The molecule has 1 aromatic rings. The molecule has 96 valence electrons. The van der Waals surface area contributed by atoms with Crippen molar-refractivity contribution in [2.45, 2.75) is 12.5 Å². The van der Waals surface area contributed by atoms with E-state index in [1.54, 1.807) is 0 Å². The molecule has 1 amide bonds. The topological polar surface area (TPSA) is 117 Å². The van der Waals surface area contributed by atoms with Crippen LogP contribution in [-0.2, 0) is 0 Å². The molecule has 2 heterocycles. The van der Waals surface area contributed by atoms with Gasteiger partial charge in [-0.05, 0) is 6.42 Å². The minimum Gasteiger partial charge on any atom is -0.391 e. The molecule has 0 radical (unpaired) electrons. The summed E-state index contributed by atoms with van der Waals surface area (Å²) in [6.45, 7) is 0.475. The summed E-state index contributed by atoms with van der Waals surface area (Å²) in [7, 11) is 0. The number of nitrogens with zero attached hydrogens (tertiary/aromatic N) is 2. The molecule has 1 aliphatic rings. The van der Waals surface area contributed by atoms with E-state index >= 15 is 0 Å². The van der Waals surface area contributed by atoms with Crippen LogP contribution in [0.1, 0.15) is 16.8 Å². The highest BCUT2D eigenvalue weighted by molar-refractivity contribution is 5.94. The highest BCUT2D eigenvalue weighted by Gasteiger charge is 2.27. The van der Waals surface area contributed by atoms with Gasteiger partial charge in [-0.25, -0.2) is 0 Å². The zero-order chi connectivity index (χ0) is 13.3. The van der Waals surface area contributed by atoms with Gasteiger partial charge in [-0.1, -0.05) is 0 Å². The largest absolute Gasteiger partial charge is 0.391 e. The first-order valence-electron chi connectivity index (χ1n) is 5.33. The number of amides is 1. The minimum atomic E-state index is -0.689. The van der Waals surface area contributed by atoms with Crippen molar-refractivity contribution in [1.29, 1.82) is 0 Å². The molecule has 8 heteroatoms. The number of aliphatic hydroxyl groups excluding tert-OH is 1. The van der Waals surface area contributed by atoms with Crippen molar-refractivity contribution in [3.63, 3.8) is 0 Å². The zero-order valence-electron chi connectivity index (χ0n) is 9.33. The first-order valence-corrected chi connectivity index (χ1v) is 5.33. The summed E-state index contributed by atoms with van der Waals surface area (Å²) in [5.74, 6) is -0.600. The second-order valence-corrected chi connectivity index (χ2v) is 4.05. The molecule has 1 saturated heterocycles. The number of nitro groups is 1. The van der Waals surface area contributed by atoms with E-state index < -0.39 is 22.5 Å². The van der Waals surface area contributed by atoms with E-state index in [1.165, 1.54) is 4.90 Å². The number of nitrogens with one attached hydrogen (secondary N) is 1. The Hall–Kier alpha value is -2.22. The van der Waals surface area contributed by atoms with Crippen molar-refractivity contribution in [2.75, 3.05) is 13.1 Å². The first kappa shape index (κ1) is 12.2. The van der Waals surface area contributed by atoms with Gasteiger partial charge in [-0.3, -0.25) is 19.7 Å². The standard InChI is InChI=1S/C10H11N3O5/c14-7-1-2-12(5-7)10(16)8-3-6(13(17)18)4-11-9(8)15/h3-4,7,14H,1-2,5H2,(H,11,15)/t7-/m0/s1. The van der Waals surface area contributed by atoms with Crippen LogP contribution in [0.25, 0.3) is 0 Å². The van der Waals surface area contributed by atoms with Crippen molar-refractivity contribution < 1.29 is 14.8 Å². The Morgan fingerprint density at radius 2 is 2.33 bits per heavy atom. The van der Waals surface area contributed by atoms with Gasteiger partial charge in [-0.15, -0.1) is 0 Å². The zero-order valence-corrected chi connectivity index (χ0v) is 9.33. The van der Waals surface area contributed by atoms with Gasteiger partial charge in [0.25, 0.3) is 17.2 Å². The van der Waals surface area contributed by atoms with E-state index in [2.05, 4.69) is 4.98 Å². The summed E-state index contributed by atoms with van der Waals surface area (Å²) >= 11 is 0. The van der Waals surface area contributed by atoms with Crippen LogP contribution in [0.4, 0.5) is 5.69 Å². The fourth-order valence-electron chi connectivity index (χ4n) is 1.83. The Bertz CT molecular complexity index is 553. The smallest absolute Gasteiger partial charge is 0.286 e. The van der Waals surface area contributed by atoms with Gasteiger partial charge in [0, 0.05) is 19.2 Å². The van der Waals surface area contributed by atoms with Crippen molar-refractivity contribution >= 4 is 11.6 Å². The van der Waals surface area contributed by atoms with Crippen LogP contribution in [0.3, 0.4) is 0 Å². The first-order chi connectivity index (χ1) is 8.49. The number of aromatic amines is 1. The summed E-state index contributed by atoms with van der Waals surface area (Å²) in [4.78, 5) is 36.8. The van der Waals surface area contributed by atoms with E-state index in [9.17, 15) is 24.8 Å². The molecular weight excluding hydrogens is 242 g/mol. The quantitative estimate of drug-likeness (QED) is 0.543. The Balaban J connectivity index is 2.32. The maximum absolute atomic E-state index is 12.0. The van der Waals surface area contributed by atoms with Crippen LogP contribution in [0.15, 0.2) is 17.1 Å². The highest BCUT2D eigenvalue weighted by Crippen LogP contribution is 2.14. The molecule has 2 rings (SSSR count). The van der Waals surface area contributed by atoms with Gasteiger partial charge >= 0.3 is 0 Å². The number of aliphatic hydroxyl groups is 1. The van der Waals surface area contributed by atoms with Gasteiger partial charge in [0.15, 0.2) is 0 Å². The molecule has 1 fully saturated rings. The summed E-state index contributed by atoms with van der Waals surface area (Å²) < 4.78 is 0. The predicted octanol–water partition coefficient (Wildman–Crippen LogP) is -0.510. The van der Waals surface area contributed by atoms with Crippen LogP contribution in [0, 0.1) is 10.1 Å². The van der Waals surface area contributed by atoms with Crippen LogP contribution in [0.5, 0.6) is 0 Å². The van der Waals surface area contributed by atoms with Gasteiger partial charge in [-0.2, -0.15) is 0 Å². The van der Waals surface area contributed by atoms with Crippen LogP contribution in [0.2, 0.25) is 0 Å². The molecule has 0 aliphatic carbocycles. The maximum Gasteiger partial charge on any atom is 0.286 e.